The van der Waals surface area contributed by atoms with E-state index in [4.69, 9.17) is 4.74 Å². The molecule has 1 aromatic heterocycles. The molecule has 2 aromatic carbocycles. The molecule has 1 N–H and O–H groups in total. The molecule has 0 amide bonds. The van der Waals surface area contributed by atoms with Gasteiger partial charge in [-0.15, -0.1) is 0 Å². The summed E-state index contributed by atoms with van der Waals surface area (Å²) < 4.78 is 34.0. The SMILES string of the molecule is COc1ccc(CN=C(NS(=O)(=O)c2ccccc2)n2cncn2)cc1. The van der Waals surface area contributed by atoms with Crippen LogP contribution >= 0.6 is 0 Å². The predicted molar refractivity (Wildman–Crippen MR) is 96.3 cm³/mol. The fourth-order valence-corrected chi connectivity index (χ4v) is 3.18. The molecule has 0 fully saturated rings. The normalized spacial score (nSPS) is 12.0. The summed E-state index contributed by atoms with van der Waals surface area (Å²) in [5.74, 6) is 0.793. The lowest BCUT2D eigenvalue weighted by Gasteiger charge is -2.10. The molecule has 3 rings (SSSR count). The maximum absolute atomic E-state index is 12.6. The average molecular weight is 371 g/mol. The Morgan fingerprint density at radius 2 is 1.88 bits per heavy atom. The number of rotatable bonds is 5. The maximum Gasteiger partial charge on any atom is 0.264 e. The zero-order chi connectivity index (χ0) is 18.4. The largest absolute Gasteiger partial charge is 0.497 e. The second-order valence-electron chi connectivity index (χ2n) is 5.25. The van der Waals surface area contributed by atoms with Gasteiger partial charge in [-0.05, 0) is 29.8 Å². The van der Waals surface area contributed by atoms with Gasteiger partial charge in [0.1, 0.15) is 18.4 Å². The van der Waals surface area contributed by atoms with E-state index in [0.717, 1.165) is 11.3 Å². The molecule has 134 valence electrons. The van der Waals surface area contributed by atoms with E-state index in [9.17, 15) is 8.42 Å². The van der Waals surface area contributed by atoms with Crippen LogP contribution in [-0.2, 0) is 16.6 Å². The van der Waals surface area contributed by atoms with Crippen molar-refractivity contribution < 1.29 is 13.2 Å². The zero-order valence-corrected chi connectivity index (χ0v) is 14.8. The molecule has 3 aromatic rings. The number of aromatic nitrogens is 3. The Morgan fingerprint density at radius 3 is 2.50 bits per heavy atom. The second-order valence-corrected chi connectivity index (χ2v) is 6.93. The minimum atomic E-state index is -3.79. The summed E-state index contributed by atoms with van der Waals surface area (Å²) in [5.41, 5.74) is 0.891. The summed E-state index contributed by atoms with van der Waals surface area (Å²) in [6.07, 6.45) is 2.68. The Labute approximate surface area is 151 Å². The van der Waals surface area contributed by atoms with Gasteiger partial charge in [0.25, 0.3) is 10.0 Å². The number of sulfonamides is 1. The second kappa shape index (κ2) is 7.79. The lowest BCUT2D eigenvalue weighted by Crippen LogP contribution is -2.36. The molecule has 0 atom stereocenters. The molecule has 0 aliphatic carbocycles. The molecular weight excluding hydrogens is 354 g/mol. The van der Waals surface area contributed by atoms with Crippen LogP contribution in [0.2, 0.25) is 0 Å². The summed E-state index contributed by atoms with van der Waals surface area (Å²) >= 11 is 0. The first kappa shape index (κ1) is 17.6. The minimum Gasteiger partial charge on any atom is -0.497 e. The van der Waals surface area contributed by atoms with Gasteiger partial charge in [-0.3, -0.25) is 0 Å². The van der Waals surface area contributed by atoms with Crippen molar-refractivity contribution in [2.45, 2.75) is 11.4 Å². The van der Waals surface area contributed by atoms with Crippen molar-refractivity contribution in [3.63, 3.8) is 0 Å². The highest BCUT2D eigenvalue weighted by Crippen LogP contribution is 2.12. The number of aliphatic imine (C=N–C) groups is 1. The van der Waals surface area contributed by atoms with E-state index in [1.165, 1.54) is 29.5 Å². The van der Waals surface area contributed by atoms with Gasteiger partial charge in [0.2, 0.25) is 5.96 Å². The highest BCUT2D eigenvalue weighted by Gasteiger charge is 2.17. The van der Waals surface area contributed by atoms with Gasteiger partial charge in [-0.25, -0.2) is 23.1 Å². The van der Waals surface area contributed by atoms with Gasteiger partial charge in [0, 0.05) is 0 Å². The van der Waals surface area contributed by atoms with Crippen LogP contribution in [0.5, 0.6) is 5.75 Å². The fraction of sp³-hybridized carbons (Fsp3) is 0.118. The van der Waals surface area contributed by atoms with Gasteiger partial charge in [-0.2, -0.15) is 9.78 Å². The highest BCUT2D eigenvalue weighted by atomic mass is 32.2. The lowest BCUT2D eigenvalue weighted by molar-refractivity contribution is 0.414. The van der Waals surface area contributed by atoms with Crippen molar-refractivity contribution in [2.75, 3.05) is 7.11 Å². The molecule has 0 saturated carbocycles. The van der Waals surface area contributed by atoms with Crippen LogP contribution in [-0.4, -0.2) is 36.3 Å². The first-order chi connectivity index (χ1) is 12.6. The zero-order valence-electron chi connectivity index (χ0n) is 14.0. The number of methoxy groups -OCH3 is 1. The van der Waals surface area contributed by atoms with Crippen LogP contribution in [0.1, 0.15) is 5.56 Å². The summed E-state index contributed by atoms with van der Waals surface area (Å²) in [4.78, 5) is 8.33. The Bertz CT molecular complexity index is 969. The number of ether oxygens (including phenoxy) is 1. The van der Waals surface area contributed by atoms with E-state index < -0.39 is 10.0 Å². The molecule has 8 nitrogen and oxygen atoms in total. The van der Waals surface area contributed by atoms with Crippen molar-refractivity contribution in [2.24, 2.45) is 4.99 Å². The minimum absolute atomic E-state index is 0.0576. The number of nitrogens with one attached hydrogen (secondary N) is 1. The van der Waals surface area contributed by atoms with Crippen molar-refractivity contribution in [1.29, 1.82) is 0 Å². The summed E-state index contributed by atoms with van der Waals surface area (Å²) in [6, 6.07) is 15.4. The Balaban J connectivity index is 1.86. The van der Waals surface area contributed by atoms with E-state index in [1.54, 1.807) is 25.3 Å². The van der Waals surface area contributed by atoms with Gasteiger partial charge in [0.15, 0.2) is 0 Å². The highest BCUT2D eigenvalue weighted by molar-refractivity contribution is 7.90. The summed E-state index contributed by atoms with van der Waals surface area (Å²) in [7, 11) is -2.20. The number of benzene rings is 2. The first-order valence-corrected chi connectivity index (χ1v) is 9.17. The molecule has 0 unspecified atom stereocenters. The molecule has 0 aliphatic heterocycles. The number of nitrogens with zero attached hydrogens (tertiary/aromatic N) is 4. The van der Waals surface area contributed by atoms with E-state index in [0.29, 0.717) is 0 Å². The van der Waals surface area contributed by atoms with Crippen molar-refractivity contribution >= 4 is 16.0 Å². The molecule has 26 heavy (non-hydrogen) atoms. The number of hydrogen-bond donors (Lipinski definition) is 1. The summed E-state index contributed by atoms with van der Waals surface area (Å²) in [6.45, 7) is 0.260. The van der Waals surface area contributed by atoms with Crippen LogP contribution in [0.3, 0.4) is 0 Å². The van der Waals surface area contributed by atoms with Crippen LogP contribution in [0, 0.1) is 0 Å². The van der Waals surface area contributed by atoms with Crippen molar-refractivity contribution in [1.82, 2.24) is 19.5 Å². The van der Waals surface area contributed by atoms with Crippen LogP contribution in [0.15, 0.2) is 77.1 Å². The van der Waals surface area contributed by atoms with Gasteiger partial charge in [0.05, 0.1) is 18.6 Å². The Kier molecular flexibility index (Phi) is 5.28. The average Bonchev–Trinajstić information content (AvgIpc) is 3.21. The Morgan fingerprint density at radius 1 is 1.15 bits per heavy atom. The molecule has 0 radical (unpaired) electrons. The van der Waals surface area contributed by atoms with Gasteiger partial charge >= 0.3 is 0 Å². The van der Waals surface area contributed by atoms with Crippen molar-refractivity contribution in [3.8, 4) is 5.75 Å². The monoisotopic (exact) mass is 371 g/mol. The van der Waals surface area contributed by atoms with Crippen molar-refractivity contribution in [3.05, 3.63) is 72.8 Å². The third kappa shape index (κ3) is 4.25. The Hall–Kier alpha value is -3.20. The third-order valence-corrected chi connectivity index (χ3v) is 4.83. The van der Waals surface area contributed by atoms with Crippen LogP contribution in [0.4, 0.5) is 0 Å². The molecule has 0 saturated heterocycles. The summed E-state index contributed by atoms with van der Waals surface area (Å²) in [5, 5.41) is 3.96. The molecule has 9 heteroatoms. The van der Waals surface area contributed by atoms with E-state index in [2.05, 4.69) is 19.8 Å². The molecule has 0 bridgehead atoms. The van der Waals surface area contributed by atoms with Crippen LogP contribution < -0.4 is 9.46 Å². The third-order valence-electron chi connectivity index (χ3n) is 3.49. The quantitative estimate of drug-likeness (QED) is 0.543. The first-order valence-electron chi connectivity index (χ1n) is 7.69. The fourth-order valence-electron chi connectivity index (χ4n) is 2.14. The van der Waals surface area contributed by atoms with E-state index in [-0.39, 0.29) is 17.4 Å². The standard InChI is InChI=1S/C17H17N5O3S/c1-25-15-9-7-14(8-10-15)11-19-17(22-13-18-12-20-22)21-26(23,24)16-5-3-2-4-6-16/h2-10,12-13H,11H2,1H3,(H,19,21). The number of hydrogen-bond acceptors (Lipinski definition) is 6. The van der Waals surface area contributed by atoms with E-state index >= 15 is 0 Å². The van der Waals surface area contributed by atoms with E-state index in [1.807, 2.05) is 24.3 Å². The predicted octanol–water partition coefficient (Wildman–Crippen LogP) is 1.67. The van der Waals surface area contributed by atoms with Gasteiger partial charge < -0.3 is 4.74 Å². The van der Waals surface area contributed by atoms with Gasteiger partial charge in [-0.1, -0.05) is 30.3 Å². The topological polar surface area (TPSA) is 98.5 Å². The smallest absolute Gasteiger partial charge is 0.264 e. The van der Waals surface area contributed by atoms with Crippen LogP contribution in [0.25, 0.3) is 0 Å². The molecule has 0 aliphatic rings. The molecule has 0 spiro atoms. The molecule has 1 heterocycles. The molecular formula is C17H17N5O3S. The lowest BCUT2D eigenvalue weighted by atomic mass is 10.2. The maximum atomic E-state index is 12.6.